The van der Waals surface area contributed by atoms with Gasteiger partial charge in [0.15, 0.2) is 11.7 Å². The van der Waals surface area contributed by atoms with E-state index in [2.05, 4.69) is 29.1 Å². The van der Waals surface area contributed by atoms with Crippen LogP contribution in [0.15, 0.2) is 34.9 Å². The molecule has 0 saturated heterocycles. The first-order valence-corrected chi connectivity index (χ1v) is 3.54. The lowest BCUT2D eigenvalue weighted by Gasteiger charge is -2.01. The second kappa shape index (κ2) is 4.45. The van der Waals surface area contributed by atoms with Gasteiger partial charge in [-0.25, -0.2) is 17.6 Å². The van der Waals surface area contributed by atoms with E-state index in [1.54, 1.807) is 0 Å². The molecule has 0 aromatic heterocycles. The minimum Gasteiger partial charge on any atom is -0.205 e. The van der Waals surface area contributed by atoms with Crippen LogP contribution in [0, 0.1) is 0 Å². The first kappa shape index (κ1) is 11.4. The van der Waals surface area contributed by atoms with Gasteiger partial charge in [0.25, 0.3) is 6.43 Å². The smallest absolute Gasteiger partial charge is 0.205 e. The van der Waals surface area contributed by atoms with Crippen molar-refractivity contribution in [1.82, 2.24) is 0 Å². The van der Waals surface area contributed by atoms with Gasteiger partial charge in [0, 0.05) is 10.1 Å². The molecule has 5 heteroatoms. The van der Waals surface area contributed by atoms with Crippen molar-refractivity contribution in [1.29, 1.82) is 0 Å². The van der Waals surface area contributed by atoms with Crippen LogP contribution < -0.4 is 0 Å². The Bertz CT molecular complexity index is 242. The van der Waals surface area contributed by atoms with E-state index in [9.17, 15) is 17.6 Å². The topological polar surface area (TPSA) is 0 Å². The third-order valence-corrected chi connectivity index (χ3v) is 1.32. The van der Waals surface area contributed by atoms with Crippen molar-refractivity contribution in [3.8, 4) is 0 Å². The second-order valence-corrected chi connectivity index (χ2v) is 2.82. The fraction of sp³-hybridized carbons (Fsp3) is 0.143. The molecule has 0 fully saturated rings. The van der Waals surface area contributed by atoms with Gasteiger partial charge in [0.1, 0.15) is 0 Å². The van der Waals surface area contributed by atoms with Crippen molar-refractivity contribution >= 4 is 15.9 Å². The summed E-state index contributed by atoms with van der Waals surface area (Å²) in [6.45, 7) is 5.65. The number of rotatable bonds is 3. The van der Waals surface area contributed by atoms with Crippen LogP contribution in [-0.2, 0) is 0 Å². The molecule has 0 radical (unpaired) electrons. The average Bonchev–Trinajstić information content (AvgIpc) is 2.00. The van der Waals surface area contributed by atoms with Gasteiger partial charge in [-0.1, -0.05) is 13.2 Å². The van der Waals surface area contributed by atoms with Crippen LogP contribution in [0.5, 0.6) is 0 Å². The zero-order valence-electron chi connectivity index (χ0n) is 5.88. The van der Waals surface area contributed by atoms with Crippen LogP contribution in [0.25, 0.3) is 0 Å². The van der Waals surface area contributed by atoms with Crippen molar-refractivity contribution in [2.45, 2.75) is 6.43 Å². The zero-order valence-corrected chi connectivity index (χ0v) is 7.47. The fourth-order valence-corrected chi connectivity index (χ4v) is 0.530. The maximum absolute atomic E-state index is 12.5. The van der Waals surface area contributed by atoms with Crippen LogP contribution in [0.1, 0.15) is 0 Å². The maximum atomic E-state index is 12.5. The summed E-state index contributed by atoms with van der Waals surface area (Å²) in [7, 11) is 0. The summed E-state index contributed by atoms with van der Waals surface area (Å²) in [5, 5.41) is 0. The van der Waals surface area contributed by atoms with Crippen molar-refractivity contribution in [2.75, 3.05) is 0 Å². The molecule has 68 valence electrons. The van der Waals surface area contributed by atoms with Crippen molar-refractivity contribution in [3.63, 3.8) is 0 Å². The lowest BCUT2D eigenvalue weighted by atomic mass is 10.2. The highest BCUT2D eigenvalue weighted by Gasteiger charge is 2.18. The highest BCUT2D eigenvalue weighted by Crippen LogP contribution is 2.27. The molecule has 0 aromatic rings. The Morgan fingerprint density at radius 3 is 1.75 bits per heavy atom. The molecule has 0 bridgehead atoms. The predicted molar refractivity (Wildman–Crippen MR) is 42.5 cm³/mol. The Morgan fingerprint density at radius 2 is 1.50 bits per heavy atom. The van der Waals surface area contributed by atoms with Crippen molar-refractivity contribution in [3.05, 3.63) is 34.9 Å². The maximum Gasteiger partial charge on any atom is 0.266 e. The largest absolute Gasteiger partial charge is 0.266 e. The third kappa shape index (κ3) is 2.81. The molecule has 0 saturated carbocycles. The van der Waals surface area contributed by atoms with Gasteiger partial charge in [-0.3, -0.25) is 0 Å². The Kier molecular flexibility index (Phi) is 4.23. The van der Waals surface area contributed by atoms with E-state index in [1.807, 2.05) is 0 Å². The second-order valence-electron chi connectivity index (χ2n) is 1.86. The van der Waals surface area contributed by atoms with Gasteiger partial charge in [-0.15, -0.1) is 0 Å². The summed E-state index contributed by atoms with van der Waals surface area (Å²) in [6.07, 6.45) is -3.11. The fourth-order valence-electron chi connectivity index (χ4n) is 0.356. The molecule has 0 atom stereocenters. The molecule has 0 spiro atoms. The monoisotopic (exact) mass is 244 g/mol. The average molecular weight is 245 g/mol. The first-order chi connectivity index (χ1) is 5.37. The van der Waals surface area contributed by atoms with Gasteiger partial charge in [-0.2, -0.15) is 0 Å². The van der Waals surface area contributed by atoms with Gasteiger partial charge in [0.2, 0.25) is 0 Å². The van der Waals surface area contributed by atoms with Crippen LogP contribution in [0.4, 0.5) is 17.6 Å². The summed E-state index contributed by atoms with van der Waals surface area (Å²) in [6, 6.07) is 0. The predicted octanol–water partition coefficient (Wildman–Crippen LogP) is 3.87. The molecule has 0 amide bonds. The third-order valence-electron chi connectivity index (χ3n) is 0.976. The number of alkyl halides is 2. The summed E-state index contributed by atoms with van der Waals surface area (Å²) in [4.78, 5) is 0. The van der Waals surface area contributed by atoms with Gasteiger partial charge >= 0.3 is 0 Å². The minimum atomic E-state index is -3.11. The minimum absolute atomic E-state index is 0.429. The lowest BCUT2D eigenvalue weighted by Crippen LogP contribution is -1.97. The van der Waals surface area contributed by atoms with E-state index in [4.69, 9.17) is 0 Å². The molecule has 0 N–H and O–H groups in total. The Morgan fingerprint density at radius 1 is 1.08 bits per heavy atom. The molecule has 0 rings (SSSR count). The number of hydrogen-bond acceptors (Lipinski definition) is 0. The molecule has 0 unspecified atom stereocenters. The van der Waals surface area contributed by atoms with Crippen LogP contribution >= 0.6 is 15.9 Å². The van der Waals surface area contributed by atoms with Gasteiger partial charge in [-0.05, 0) is 15.9 Å². The Balaban J connectivity index is 4.79. The highest BCUT2D eigenvalue weighted by atomic mass is 79.9. The van der Waals surface area contributed by atoms with E-state index in [0.29, 0.717) is 0 Å². The van der Waals surface area contributed by atoms with Crippen molar-refractivity contribution in [2.24, 2.45) is 0 Å². The van der Waals surface area contributed by atoms with Crippen LogP contribution in [-0.4, -0.2) is 6.43 Å². The van der Waals surface area contributed by atoms with E-state index >= 15 is 0 Å². The molecule has 0 aliphatic carbocycles. The Hall–Kier alpha value is -0.580. The first-order valence-electron chi connectivity index (χ1n) is 2.75. The van der Waals surface area contributed by atoms with Crippen LogP contribution in [0.3, 0.4) is 0 Å². The quantitative estimate of drug-likeness (QED) is 0.523. The summed E-state index contributed by atoms with van der Waals surface area (Å²) in [5.74, 6) is -3.13. The zero-order chi connectivity index (χ0) is 9.89. The molecule has 12 heavy (non-hydrogen) atoms. The van der Waals surface area contributed by atoms with E-state index in [-0.39, 0.29) is 0 Å². The molecule has 0 nitrogen and oxygen atoms in total. The molecule has 0 aromatic carbocycles. The molecule has 0 aliphatic rings. The molecular formula is C7H5BrF4. The summed E-state index contributed by atoms with van der Waals surface area (Å²) >= 11 is 2.50. The highest BCUT2D eigenvalue weighted by molar-refractivity contribution is 9.11. The molecule has 0 heterocycles. The van der Waals surface area contributed by atoms with E-state index in [0.717, 1.165) is 0 Å². The summed E-state index contributed by atoms with van der Waals surface area (Å²) < 4.78 is 48.0. The number of allylic oxidation sites excluding steroid dienone is 4. The van der Waals surface area contributed by atoms with E-state index < -0.39 is 28.1 Å². The molecular weight excluding hydrogens is 240 g/mol. The van der Waals surface area contributed by atoms with Crippen LogP contribution in [0.2, 0.25) is 0 Å². The lowest BCUT2D eigenvalue weighted by molar-refractivity contribution is 0.188. The molecule has 0 aliphatic heterocycles. The number of halogens is 5. The van der Waals surface area contributed by atoms with E-state index in [1.165, 1.54) is 0 Å². The Labute approximate surface area is 75.4 Å². The normalized spacial score (nSPS) is 12.8. The van der Waals surface area contributed by atoms with Gasteiger partial charge < -0.3 is 0 Å². The van der Waals surface area contributed by atoms with Gasteiger partial charge in [0.05, 0.1) is 0 Å². The summed E-state index contributed by atoms with van der Waals surface area (Å²) in [5.41, 5.74) is -1.19. The number of hydrogen-bond donors (Lipinski definition) is 0. The standard InChI is InChI=1S/C7H5BrF4/c1-3(7(11)12)5(9)6(10)4(2)8/h7H,1-2H2/b6-5-. The van der Waals surface area contributed by atoms with Crippen molar-refractivity contribution < 1.29 is 17.6 Å². The SMILES string of the molecule is C=C(Br)/C(F)=C(/F)C(=C)C(F)F.